The summed E-state index contributed by atoms with van der Waals surface area (Å²) in [5, 5.41) is 2.83. The second kappa shape index (κ2) is 5.28. The maximum Gasteiger partial charge on any atom is 0.251 e. The highest BCUT2D eigenvalue weighted by molar-refractivity contribution is 9.10. The van der Waals surface area contributed by atoms with Crippen LogP contribution in [0.3, 0.4) is 0 Å². The SMILES string of the molecule is Cc1cc(Br)ccc1C(=O)NC(C)CN. The highest BCUT2D eigenvalue weighted by Crippen LogP contribution is 2.15. The van der Waals surface area contributed by atoms with Crippen molar-refractivity contribution < 1.29 is 4.79 Å². The number of nitrogens with one attached hydrogen (secondary N) is 1. The minimum absolute atomic E-state index is 0.000506. The number of carbonyl (C=O) groups excluding carboxylic acids is 1. The minimum atomic E-state index is -0.0713. The van der Waals surface area contributed by atoms with Gasteiger partial charge in [0.25, 0.3) is 5.91 Å². The molecule has 0 fully saturated rings. The Morgan fingerprint density at radius 1 is 1.60 bits per heavy atom. The van der Waals surface area contributed by atoms with Crippen molar-refractivity contribution in [2.45, 2.75) is 19.9 Å². The summed E-state index contributed by atoms with van der Waals surface area (Å²) >= 11 is 3.36. The maximum atomic E-state index is 11.8. The number of hydrogen-bond donors (Lipinski definition) is 2. The Bertz CT molecular complexity index is 366. The Hall–Kier alpha value is -0.870. The summed E-state index contributed by atoms with van der Waals surface area (Å²) in [5.74, 6) is -0.0713. The predicted molar refractivity (Wildman–Crippen MR) is 64.9 cm³/mol. The first-order valence-electron chi connectivity index (χ1n) is 4.81. The lowest BCUT2D eigenvalue weighted by atomic mass is 10.1. The van der Waals surface area contributed by atoms with Crippen LogP contribution in [0.2, 0.25) is 0 Å². The molecule has 0 saturated carbocycles. The number of hydrogen-bond acceptors (Lipinski definition) is 2. The molecule has 4 heteroatoms. The van der Waals surface area contributed by atoms with Crippen molar-refractivity contribution in [3.05, 3.63) is 33.8 Å². The molecule has 0 radical (unpaired) electrons. The molecule has 3 N–H and O–H groups in total. The molecule has 1 aromatic rings. The number of amides is 1. The lowest BCUT2D eigenvalue weighted by molar-refractivity contribution is 0.0940. The average Bonchev–Trinajstić information content (AvgIpc) is 2.17. The molecule has 82 valence electrons. The molecule has 1 atom stereocenters. The summed E-state index contributed by atoms with van der Waals surface area (Å²) in [4.78, 5) is 11.8. The number of rotatable bonds is 3. The number of aryl methyl sites for hydroxylation is 1. The Morgan fingerprint density at radius 3 is 2.80 bits per heavy atom. The van der Waals surface area contributed by atoms with Crippen molar-refractivity contribution in [1.29, 1.82) is 0 Å². The molecule has 0 aliphatic heterocycles. The summed E-state index contributed by atoms with van der Waals surface area (Å²) in [5.41, 5.74) is 7.08. The second-order valence-corrected chi connectivity index (χ2v) is 4.49. The monoisotopic (exact) mass is 270 g/mol. The predicted octanol–water partition coefficient (Wildman–Crippen LogP) is 1.83. The average molecular weight is 271 g/mol. The van der Waals surface area contributed by atoms with E-state index in [0.717, 1.165) is 10.0 Å². The van der Waals surface area contributed by atoms with E-state index in [1.165, 1.54) is 0 Å². The van der Waals surface area contributed by atoms with E-state index >= 15 is 0 Å². The van der Waals surface area contributed by atoms with Crippen LogP contribution >= 0.6 is 15.9 Å². The number of benzene rings is 1. The third-order valence-electron chi connectivity index (χ3n) is 2.16. The molecular weight excluding hydrogens is 256 g/mol. The van der Waals surface area contributed by atoms with Crippen LogP contribution in [0.1, 0.15) is 22.8 Å². The standard InChI is InChI=1S/C11H15BrN2O/c1-7-5-9(12)3-4-10(7)11(15)14-8(2)6-13/h3-5,8H,6,13H2,1-2H3,(H,14,15). The van der Waals surface area contributed by atoms with Crippen molar-refractivity contribution in [2.75, 3.05) is 6.54 Å². The van der Waals surface area contributed by atoms with Gasteiger partial charge in [-0.2, -0.15) is 0 Å². The highest BCUT2D eigenvalue weighted by atomic mass is 79.9. The molecule has 15 heavy (non-hydrogen) atoms. The molecule has 0 saturated heterocycles. The van der Waals surface area contributed by atoms with Gasteiger partial charge >= 0.3 is 0 Å². The first kappa shape index (κ1) is 12.2. The van der Waals surface area contributed by atoms with E-state index in [0.29, 0.717) is 12.1 Å². The fraction of sp³-hybridized carbons (Fsp3) is 0.364. The Balaban J connectivity index is 2.82. The zero-order valence-corrected chi connectivity index (χ0v) is 10.5. The van der Waals surface area contributed by atoms with Crippen LogP contribution in [0.25, 0.3) is 0 Å². The lowest BCUT2D eigenvalue weighted by Crippen LogP contribution is -2.38. The Kier molecular flexibility index (Phi) is 4.29. The van der Waals surface area contributed by atoms with Gasteiger partial charge in [0.15, 0.2) is 0 Å². The number of nitrogens with two attached hydrogens (primary N) is 1. The van der Waals surface area contributed by atoms with Crippen LogP contribution in [0.5, 0.6) is 0 Å². The van der Waals surface area contributed by atoms with Crippen LogP contribution in [0, 0.1) is 6.92 Å². The van der Waals surface area contributed by atoms with Gasteiger partial charge in [-0.25, -0.2) is 0 Å². The maximum absolute atomic E-state index is 11.8. The molecule has 0 bridgehead atoms. The largest absolute Gasteiger partial charge is 0.348 e. The molecule has 0 aliphatic carbocycles. The summed E-state index contributed by atoms with van der Waals surface area (Å²) in [6.45, 7) is 4.24. The van der Waals surface area contributed by atoms with Gasteiger partial charge in [0.1, 0.15) is 0 Å². The molecule has 1 amide bonds. The topological polar surface area (TPSA) is 55.1 Å². The Labute approximate surface area is 98.2 Å². The van der Waals surface area contributed by atoms with Gasteiger partial charge in [-0.1, -0.05) is 15.9 Å². The second-order valence-electron chi connectivity index (χ2n) is 3.57. The molecule has 1 aromatic carbocycles. The third kappa shape index (κ3) is 3.32. The minimum Gasteiger partial charge on any atom is -0.348 e. The molecule has 0 spiro atoms. The van der Waals surface area contributed by atoms with Gasteiger partial charge in [-0.15, -0.1) is 0 Å². The van der Waals surface area contributed by atoms with Gasteiger partial charge in [0.05, 0.1) is 0 Å². The summed E-state index contributed by atoms with van der Waals surface area (Å²) < 4.78 is 0.975. The van der Waals surface area contributed by atoms with Crippen molar-refractivity contribution in [3.63, 3.8) is 0 Å². The van der Waals surface area contributed by atoms with Gasteiger partial charge in [-0.05, 0) is 37.6 Å². The van der Waals surface area contributed by atoms with Crippen LogP contribution in [0.15, 0.2) is 22.7 Å². The molecule has 0 aromatic heterocycles. The smallest absolute Gasteiger partial charge is 0.251 e. The lowest BCUT2D eigenvalue weighted by Gasteiger charge is -2.12. The molecule has 0 heterocycles. The van der Waals surface area contributed by atoms with E-state index in [9.17, 15) is 4.79 Å². The summed E-state index contributed by atoms with van der Waals surface area (Å²) in [7, 11) is 0. The highest BCUT2D eigenvalue weighted by Gasteiger charge is 2.10. The molecule has 0 aliphatic rings. The quantitative estimate of drug-likeness (QED) is 0.881. The molecule has 3 nitrogen and oxygen atoms in total. The van der Waals surface area contributed by atoms with Crippen LogP contribution in [-0.2, 0) is 0 Å². The van der Waals surface area contributed by atoms with Gasteiger partial charge in [0, 0.05) is 22.6 Å². The number of carbonyl (C=O) groups is 1. The van der Waals surface area contributed by atoms with Gasteiger partial charge in [-0.3, -0.25) is 4.79 Å². The molecule has 1 unspecified atom stereocenters. The van der Waals surface area contributed by atoms with E-state index in [4.69, 9.17) is 5.73 Å². The number of halogens is 1. The van der Waals surface area contributed by atoms with E-state index < -0.39 is 0 Å². The Morgan fingerprint density at radius 2 is 2.27 bits per heavy atom. The zero-order chi connectivity index (χ0) is 11.4. The normalized spacial score (nSPS) is 12.3. The fourth-order valence-corrected chi connectivity index (χ4v) is 1.72. The summed E-state index contributed by atoms with van der Waals surface area (Å²) in [6, 6.07) is 5.58. The third-order valence-corrected chi connectivity index (χ3v) is 2.66. The zero-order valence-electron chi connectivity index (χ0n) is 8.88. The van der Waals surface area contributed by atoms with Gasteiger partial charge < -0.3 is 11.1 Å². The van der Waals surface area contributed by atoms with E-state index in [-0.39, 0.29) is 11.9 Å². The van der Waals surface area contributed by atoms with Crippen molar-refractivity contribution in [3.8, 4) is 0 Å². The first-order chi connectivity index (χ1) is 7.04. The van der Waals surface area contributed by atoms with Crippen molar-refractivity contribution >= 4 is 21.8 Å². The van der Waals surface area contributed by atoms with Gasteiger partial charge in [0.2, 0.25) is 0 Å². The molecule has 1 rings (SSSR count). The first-order valence-corrected chi connectivity index (χ1v) is 5.61. The van der Waals surface area contributed by atoms with E-state index in [1.54, 1.807) is 6.07 Å². The van der Waals surface area contributed by atoms with Crippen molar-refractivity contribution in [1.82, 2.24) is 5.32 Å². The van der Waals surface area contributed by atoms with Crippen LogP contribution < -0.4 is 11.1 Å². The summed E-state index contributed by atoms with van der Waals surface area (Å²) in [6.07, 6.45) is 0. The van der Waals surface area contributed by atoms with Crippen LogP contribution in [-0.4, -0.2) is 18.5 Å². The van der Waals surface area contributed by atoms with E-state index in [2.05, 4.69) is 21.2 Å². The van der Waals surface area contributed by atoms with Crippen molar-refractivity contribution in [2.24, 2.45) is 5.73 Å². The van der Waals surface area contributed by atoms with Crippen LogP contribution in [0.4, 0.5) is 0 Å². The fourth-order valence-electron chi connectivity index (χ4n) is 1.24. The molecular formula is C11H15BrN2O. The van der Waals surface area contributed by atoms with E-state index in [1.807, 2.05) is 26.0 Å².